The highest BCUT2D eigenvalue weighted by molar-refractivity contribution is 5.96. The Hall–Kier alpha value is -1.62. The minimum absolute atomic E-state index is 0.0814. The van der Waals surface area contributed by atoms with E-state index in [4.69, 9.17) is 0 Å². The number of amides is 1. The van der Waals surface area contributed by atoms with Gasteiger partial charge in [0.25, 0.3) is 5.91 Å². The average Bonchev–Trinajstić information content (AvgIpc) is 2.32. The van der Waals surface area contributed by atoms with Gasteiger partial charge in [0, 0.05) is 24.8 Å². The third-order valence-corrected chi connectivity index (χ3v) is 3.04. The molecule has 2 rings (SSSR count). The van der Waals surface area contributed by atoms with Crippen molar-refractivity contribution in [1.29, 1.82) is 0 Å². The number of hydrogen-bond acceptors (Lipinski definition) is 4. The molecule has 1 fully saturated rings. The first-order chi connectivity index (χ1) is 8.16. The Bertz CT molecular complexity index is 400. The van der Waals surface area contributed by atoms with Crippen molar-refractivity contribution in [2.24, 2.45) is 0 Å². The number of aromatic nitrogens is 1. The lowest BCUT2D eigenvalue weighted by Gasteiger charge is -2.28. The highest BCUT2D eigenvalue weighted by atomic mass is 16.3. The van der Waals surface area contributed by atoms with Crippen LogP contribution in [0.5, 0.6) is 5.75 Å². The van der Waals surface area contributed by atoms with Crippen LogP contribution in [0.25, 0.3) is 0 Å². The minimum Gasteiger partial charge on any atom is -0.505 e. The zero-order valence-corrected chi connectivity index (χ0v) is 9.81. The fraction of sp³-hybridized carbons (Fsp3) is 0.500. The maximum atomic E-state index is 11.9. The molecule has 3 N–H and O–H groups in total. The van der Waals surface area contributed by atoms with Gasteiger partial charge in [-0.2, -0.15) is 0 Å². The van der Waals surface area contributed by atoms with E-state index in [-0.39, 0.29) is 23.3 Å². The Morgan fingerprint density at radius 2 is 2.41 bits per heavy atom. The second-order valence-electron chi connectivity index (χ2n) is 4.45. The van der Waals surface area contributed by atoms with Crippen LogP contribution in [-0.4, -0.2) is 34.6 Å². The molecular weight excluding hydrogens is 218 g/mol. The molecule has 1 aliphatic rings. The third kappa shape index (κ3) is 2.94. The third-order valence-electron chi connectivity index (χ3n) is 3.04. The predicted molar refractivity (Wildman–Crippen MR) is 63.9 cm³/mol. The van der Waals surface area contributed by atoms with Crippen molar-refractivity contribution in [3.05, 3.63) is 24.0 Å². The molecule has 0 radical (unpaired) electrons. The number of carbonyl (C=O) groups is 1. The highest BCUT2D eigenvalue weighted by Gasteiger charge is 2.20. The molecule has 1 aliphatic heterocycles. The average molecular weight is 235 g/mol. The molecule has 5 nitrogen and oxygen atoms in total. The van der Waals surface area contributed by atoms with Crippen molar-refractivity contribution in [2.75, 3.05) is 6.54 Å². The molecular formula is C12H17N3O2. The van der Waals surface area contributed by atoms with Crippen LogP contribution in [0.3, 0.4) is 0 Å². The molecule has 2 unspecified atom stereocenters. The molecule has 2 heterocycles. The fourth-order valence-corrected chi connectivity index (χ4v) is 1.96. The van der Waals surface area contributed by atoms with E-state index in [1.165, 1.54) is 18.5 Å². The van der Waals surface area contributed by atoms with Gasteiger partial charge >= 0.3 is 0 Å². The Balaban J connectivity index is 1.96. The molecule has 0 bridgehead atoms. The quantitative estimate of drug-likeness (QED) is 0.704. The van der Waals surface area contributed by atoms with Crippen LogP contribution in [0.2, 0.25) is 0 Å². The van der Waals surface area contributed by atoms with Crippen LogP contribution in [0.4, 0.5) is 0 Å². The molecule has 1 aromatic rings. The van der Waals surface area contributed by atoms with Crippen molar-refractivity contribution < 1.29 is 9.90 Å². The van der Waals surface area contributed by atoms with E-state index in [0.29, 0.717) is 6.04 Å². The summed E-state index contributed by atoms with van der Waals surface area (Å²) in [4.78, 5) is 15.6. The van der Waals surface area contributed by atoms with E-state index in [9.17, 15) is 9.90 Å². The summed E-state index contributed by atoms with van der Waals surface area (Å²) in [6.45, 7) is 2.91. The Labute approximate surface area is 100 Å². The molecule has 1 aromatic heterocycles. The number of aromatic hydroxyl groups is 1. The monoisotopic (exact) mass is 235 g/mol. The van der Waals surface area contributed by atoms with Crippen LogP contribution >= 0.6 is 0 Å². The maximum absolute atomic E-state index is 11.9. The van der Waals surface area contributed by atoms with Crippen molar-refractivity contribution in [3.8, 4) is 5.75 Å². The first-order valence-corrected chi connectivity index (χ1v) is 5.84. The largest absolute Gasteiger partial charge is 0.505 e. The van der Waals surface area contributed by atoms with Crippen LogP contribution in [0.15, 0.2) is 18.5 Å². The number of carbonyl (C=O) groups excluding carboxylic acids is 1. The van der Waals surface area contributed by atoms with Gasteiger partial charge in [-0.15, -0.1) is 0 Å². The van der Waals surface area contributed by atoms with Gasteiger partial charge in [-0.05, 0) is 25.8 Å². The van der Waals surface area contributed by atoms with E-state index in [1.54, 1.807) is 0 Å². The molecule has 1 saturated heterocycles. The van der Waals surface area contributed by atoms with E-state index in [2.05, 4.69) is 22.5 Å². The summed E-state index contributed by atoms with van der Waals surface area (Å²) >= 11 is 0. The highest BCUT2D eigenvalue weighted by Crippen LogP contribution is 2.15. The standard InChI is InChI=1S/C12H17N3O2/c1-8-2-3-9(6-14-8)15-12(17)10-4-5-13-7-11(10)16/h4-5,7-9,14,16H,2-3,6H2,1H3,(H,15,17). The zero-order chi connectivity index (χ0) is 12.3. The Kier molecular flexibility index (Phi) is 3.58. The van der Waals surface area contributed by atoms with E-state index in [0.717, 1.165) is 19.4 Å². The number of hydrogen-bond donors (Lipinski definition) is 3. The van der Waals surface area contributed by atoms with E-state index < -0.39 is 0 Å². The number of nitrogens with zero attached hydrogens (tertiary/aromatic N) is 1. The maximum Gasteiger partial charge on any atom is 0.255 e. The minimum atomic E-state index is -0.244. The molecule has 2 atom stereocenters. The van der Waals surface area contributed by atoms with Gasteiger partial charge < -0.3 is 15.7 Å². The number of pyridine rings is 1. The lowest BCUT2D eigenvalue weighted by molar-refractivity contribution is 0.0925. The lowest BCUT2D eigenvalue weighted by atomic mass is 10.0. The van der Waals surface area contributed by atoms with Gasteiger partial charge in [-0.25, -0.2) is 0 Å². The van der Waals surface area contributed by atoms with Crippen molar-refractivity contribution in [1.82, 2.24) is 15.6 Å². The van der Waals surface area contributed by atoms with Crippen molar-refractivity contribution in [2.45, 2.75) is 31.8 Å². The van der Waals surface area contributed by atoms with Gasteiger partial charge in [0.05, 0.1) is 11.8 Å². The van der Waals surface area contributed by atoms with Crippen LogP contribution in [0, 0.1) is 0 Å². The summed E-state index contributed by atoms with van der Waals surface area (Å²) in [6.07, 6.45) is 4.78. The van der Waals surface area contributed by atoms with E-state index in [1.807, 2.05) is 0 Å². The number of piperidine rings is 1. The lowest BCUT2D eigenvalue weighted by Crippen LogP contribution is -2.48. The first kappa shape index (κ1) is 11.9. The zero-order valence-electron chi connectivity index (χ0n) is 9.81. The summed E-state index contributed by atoms with van der Waals surface area (Å²) < 4.78 is 0. The summed E-state index contributed by atoms with van der Waals surface area (Å²) in [5.74, 6) is -0.326. The van der Waals surface area contributed by atoms with Gasteiger partial charge in [0.15, 0.2) is 0 Å². The number of rotatable bonds is 2. The molecule has 92 valence electrons. The van der Waals surface area contributed by atoms with Crippen LogP contribution < -0.4 is 10.6 Å². The molecule has 0 aliphatic carbocycles. The first-order valence-electron chi connectivity index (χ1n) is 5.84. The second-order valence-corrected chi connectivity index (χ2v) is 4.45. The summed E-state index contributed by atoms with van der Waals surface area (Å²) in [7, 11) is 0. The second kappa shape index (κ2) is 5.14. The van der Waals surface area contributed by atoms with Crippen LogP contribution in [-0.2, 0) is 0 Å². The van der Waals surface area contributed by atoms with Gasteiger partial charge in [0.1, 0.15) is 5.75 Å². The SMILES string of the molecule is CC1CCC(NC(=O)c2ccncc2O)CN1. The molecule has 0 spiro atoms. The molecule has 0 saturated carbocycles. The summed E-state index contributed by atoms with van der Waals surface area (Å²) in [6, 6.07) is 2.16. The van der Waals surface area contributed by atoms with Crippen molar-refractivity contribution in [3.63, 3.8) is 0 Å². The Morgan fingerprint density at radius 1 is 1.59 bits per heavy atom. The summed E-state index contributed by atoms with van der Waals surface area (Å²) in [5.41, 5.74) is 0.277. The number of nitrogens with one attached hydrogen (secondary N) is 2. The molecule has 1 amide bonds. The van der Waals surface area contributed by atoms with E-state index >= 15 is 0 Å². The molecule has 17 heavy (non-hydrogen) atoms. The normalized spacial score (nSPS) is 24.3. The molecule has 0 aromatic carbocycles. The smallest absolute Gasteiger partial charge is 0.255 e. The van der Waals surface area contributed by atoms with Gasteiger partial charge in [-0.1, -0.05) is 0 Å². The Morgan fingerprint density at radius 3 is 3.06 bits per heavy atom. The predicted octanol–water partition coefficient (Wildman–Crippen LogP) is 0.657. The van der Waals surface area contributed by atoms with Crippen molar-refractivity contribution >= 4 is 5.91 Å². The fourth-order valence-electron chi connectivity index (χ4n) is 1.96. The molecule has 5 heteroatoms. The summed E-state index contributed by atoms with van der Waals surface area (Å²) in [5, 5.41) is 15.7. The van der Waals surface area contributed by atoms with Gasteiger partial charge in [0.2, 0.25) is 0 Å². The topological polar surface area (TPSA) is 74.2 Å². The van der Waals surface area contributed by atoms with Gasteiger partial charge in [-0.3, -0.25) is 9.78 Å². The van der Waals surface area contributed by atoms with Crippen LogP contribution in [0.1, 0.15) is 30.1 Å².